The van der Waals surface area contributed by atoms with Crippen LogP contribution in [0.5, 0.6) is 11.5 Å². The molecule has 0 saturated carbocycles. The highest BCUT2D eigenvalue weighted by Gasteiger charge is 2.15. The highest BCUT2D eigenvalue weighted by Crippen LogP contribution is 2.35. The summed E-state index contributed by atoms with van der Waals surface area (Å²) in [5.74, 6) is -0.0153. The number of carboxylic acids is 1. The first kappa shape index (κ1) is 13.9. The van der Waals surface area contributed by atoms with Gasteiger partial charge in [0.1, 0.15) is 5.56 Å². The Morgan fingerprint density at radius 1 is 1.25 bits per heavy atom. The van der Waals surface area contributed by atoms with Gasteiger partial charge in [0.25, 0.3) is 0 Å². The lowest BCUT2D eigenvalue weighted by Gasteiger charge is -2.13. The number of hydrogen-bond donors (Lipinski definition) is 2. The number of hydrogen-bond acceptors (Lipinski definition) is 5. The summed E-state index contributed by atoms with van der Waals surface area (Å²) in [7, 11) is 0. The summed E-state index contributed by atoms with van der Waals surface area (Å²) in [5.41, 5.74) is 6.61. The molecule has 3 N–H and O–H groups in total. The Hall–Kier alpha value is -2.50. The summed E-state index contributed by atoms with van der Waals surface area (Å²) in [6.07, 6.45) is 1.25. The maximum atomic E-state index is 11.1. The van der Waals surface area contributed by atoms with Gasteiger partial charge in [0.05, 0.1) is 24.4 Å². The Balaban J connectivity index is 2.67. The lowest BCUT2D eigenvalue weighted by atomic mass is 10.1. The van der Waals surface area contributed by atoms with Crippen LogP contribution in [0.25, 0.3) is 10.9 Å². The molecule has 1 heterocycles. The van der Waals surface area contributed by atoms with Crippen LogP contribution in [0.2, 0.25) is 0 Å². The molecule has 0 aliphatic carbocycles. The lowest BCUT2D eigenvalue weighted by Crippen LogP contribution is -2.05. The SMILES string of the molecule is CCOc1cc2ncc(C(=O)O)c(N)c2cc1OCC. The van der Waals surface area contributed by atoms with E-state index in [1.165, 1.54) is 6.20 Å². The van der Waals surface area contributed by atoms with Crippen molar-refractivity contribution in [3.63, 3.8) is 0 Å². The number of rotatable bonds is 5. The fraction of sp³-hybridized carbons (Fsp3) is 0.286. The standard InChI is InChI=1S/C14H16N2O4/c1-3-19-11-5-8-10(6-12(11)20-4-2)16-7-9(13(8)15)14(17)18/h5-7H,3-4H2,1-2H3,(H2,15,16)(H,17,18). The maximum absolute atomic E-state index is 11.1. The quantitative estimate of drug-likeness (QED) is 0.870. The predicted octanol–water partition coefficient (Wildman–Crippen LogP) is 2.31. The van der Waals surface area contributed by atoms with Crippen molar-refractivity contribution >= 4 is 22.6 Å². The molecule has 1 aromatic heterocycles. The fourth-order valence-corrected chi connectivity index (χ4v) is 1.93. The average molecular weight is 276 g/mol. The van der Waals surface area contributed by atoms with Gasteiger partial charge in [-0.3, -0.25) is 4.98 Å². The third-order valence-electron chi connectivity index (χ3n) is 2.81. The van der Waals surface area contributed by atoms with Gasteiger partial charge in [-0.25, -0.2) is 4.79 Å². The second kappa shape index (κ2) is 5.64. The monoisotopic (exact) mass is 276 g/mol. The van der Waals surface area contributed by atoms with Crippen molar-refractivity contribution in [1.82, 2.24) is 4.98 Å². The second-order valence-corrected chi connectivity index (χ2v) is 4.07. The molecular formula is C14H16N2O4. The topological polar surface area (TPSA) is 94.7 Å². The number of nitrogens with two attached hydrogens (primary N) is 1. The van der Waals surface area contributed by atoms with E-state index in [0.29, 0.717) is 35.6 Å². The van der Waals surface area contributed by atoms with Gasteiger partial charge < -0.3 is 20.3 Å². The van der Waals surface area contributed by atoms with Crippen LogP contribution in [0.15, 0.2) is 18.3 Å². The maximum Gasteiger partial charge on any atom is 0.339 e. The van der Waals surface area contributed by atoms with E-state index in [2.05, 4.69) is 4.98 Å². The van der Waals surface area contributed by atoms with Gasteiger partial charge in [0.15, 0.2) is 11.5 Å². The van der Waals surface area contributed by atoms with E-state index in [1.54, 1.807) is 12.1 Å². The minimum Gasteiger partial charge on any atom is -0.490 e. The van der Waals surface area contributed by atoms with Gasteiger partial charge in [-0.1, -0.05) is 0 Å². The number of aromatic carboxylic acids is 1. The van der Waals surface area contributed by atoms with Gasteiger partial charge in [-0.05, 0) is 19.9 Å². The van der Waals surface area contributed by atoms with Gasteiger partial charge in [0.2, 0.25) is 0 Å². The third kappa shape index (κ3) is 2.45. The molecule has 0 bridgehead atoms. The van der Waals surface area contributed by atoms with Crippen LogP contribution in [0.3, 0.4) is 0 Å². The van der Waals surface area contributed by atoms with Crippen molar-refractivity contribution in [3.8, 4) is 11.5 Å². The van der Waals surface area contributed by atoms with E-state index < -0.39 is 5.97 Å². The van der Waals surface area contributed by atoms with Crippen LogP contribution in [-0.4, -0.2) is 29.3 Å². The average Bonchev–Trinajstić information content (AvgIpc) is 2.40. The lowest BCUT2D eigenvalue weighted by molar-refractivity contribution is 0.0698. The van der Waals surface area contributed by atoms with Crippen LogP contribution in [0, 0.1) is 0 Å². The Labute approximate surface area is 116 Å². The first-order chi connectivity index (χ1) is 9.58. The van der Waals surface area contributed by atoms with E-state index in [-0.39, 0.29) is 11.3 Å². The molecule has 0 spiro atoms. The van der Waals surface area contributed by atoms with Gasteiger partial charge in [0, 0.05) is 17.6 Å². The largest absolute Gasteiger partial charge is 0.490 e. The van der Waals surface area contributed by atoms with Gasteiger partial charge >= 0.3 is 5.97 Å². The predicted molar refractivity (Wildman–Crippen MR) is 75.5 cm³/mol. The Morgan fingerprint density at radius 2 is 1.85 bits per heavy atom. The summed E-state index contributed by atoms with van der Waals surface area (Å²) in [6.45, 7) is 4.69. The van der Waals surface area contributed by atoms with Crippen LogP contribution in [0.1, 0.15) is 24.2 Å². The summed E-state index contributed by atoms with van der Waals surface area (Å²) in [5, 5.41) is 9.60. The first-order valence-electron chi connectivity index (χ1n) is 6.29. The van der Waals surface area contributed by atoms with Crippen LogP contribution >= 0.6 is 0 Å². The van der Waals surface area contributed by atoms with E-state index in [4.69, 9.17) is 20.3 Å². The number of aromatic nitrogens is 1. The molecule has 0 aliphatic heterocycles. The molecule has 2 aromatic rings. The number of carbonyl (C=O) groups is 1. The summed E-state index contributed by atoms with van der Waals surface area (Å²) in [4.78, 5) is 15.2. The molecule has 0 atom stereocenters. The van der Waals surface area contributed by atoms with E-state index >= 15 is 0 Å². The molecule has 0 unspecified atom stereocenters. The number of nitrogens with zero attached hydrogens (tertiary/aromatic N) is 1. The number of ether oxygens (including phenoxy) is 2. The Kier molecular flexibility index (Phi) is 3.93. The number of anilines is 1. The Bertz CT molecular complexity index is 655. The van der Waals surface area contributed by atoms with Crippen LogP contribution in [-0.2, 0) is 0 Å². The van der Waals surface area contributed by atoms with Crippen molar-refractivity contribution in [2.45, 2.75) is 13.8 Å². The molecule has 0 aliphatic rings. The van der Waals surface area contributed by atoms with Crippen molar-refractivity contribution < 1.29 is 19.4 Å². The molecule has 0 amide bonds. The molecule has 0 radical (unpaired) electrons. The molecule has 20 heavy (non-hydrogen) atoms. The summed E-state index contributed by atoms with van der Waals surface area (Å²) in [6, 6.07) is 3.37. The highest BCUT2D eigenvalue weighted by molar-refractivity contribution is 6.04. The zero-order valence-corrected chi connectivity index (χ0v) is 11.3. The highest BCUT2D eigenvalue weighted by atomic mass is 16.5. The molecule has 2 rings (SSSR count). The molecule has 1 aromatic carbocycles. The molecule has 6 heteroatoms. The zero-order valence-electron chi connectivity index (χ0n) is 11.3. The number of benzene rings is 1. The van der Waals surface area contributed by atoms with Gasteiger partial charge in [-0.15, -0.1) is 0 Å². The van der Waals surface area contributed by atoms with E-state index in [9.17, 15) is 4.79 Å². The Morgan fingerprint density at radius 3 is 2.40 bits per heavy atom. The number of pyridine rings is 1. The van der Waals surface area contributed by atoms with Crippen molar-refractivity contribution in [3.05, 3.63) is 23.9 Å². The molecule has 0 saturated heterocycles. The van der Waals surface area contributed by atoms with Crippen molar-refractivity contribution in [1.29, 1.82) is 0 Å². The molecule has 106 valence electrons. The third-order valence-corrected chi connectivity index (χ3v) is 2.81. The van der Waals surface area contributed by atoms with Gasteiger partial charge in [-0.2, -0.15) is 0 Å². The van der Waals surface area contributed by atoms with Crippen molar-refractivity contribution in [2.75, 3.05) is 18.9 Å². The normalized spacial score (nSPS) is 10.5. The molecular weight excluding hydrogens is 260 g/mol. The molecule has 6 nitrogen and oxygen atoms in total. The number of nitrogen functional groups attached to an aromatic ring is 1. The number of carboxylic acid groups (broad SMARTS) is 1. The summed E-state index contributed by atoms with van der Waals surface area (Å²) >= 11 is 0. The van der Waals surface area contributed by atoms with Crippen molar-refractivity contribution in [2.24, 2.45) is 0 Å². The second-order valence-electron chi connectivity index (χ2n) is 4.07. The zero-order chi connectivity index (χ0) is 14.7. The van der Waals surface area contributed by atoms with E-state index in [0.717, 1.165) is 0 Å². The van der Waals surface area contributed by atoms with Crippen LogP contribution < -0.4 is 15.2 Å². The van der Waals surface area contributed by atoms with Crippen LogP contribution in [0.4, 0.5) is 5.69 Å². The minimum absolute atomic E-state index is 0.0240. The van der Waals surface area contributed by atoms with E-state index in [1.807, 2.05) is 13.8 Å². The molecule has 0 fully saturated rings. The fourth-order valence-electron chi connectivity index (χ4n) is 1.93. The first-order valence-corrected chi connectivity index (χ1v) is 6.29. The number of fused-ring (bicyclic) bond motifs is 1. The minimum atomic E-state index is -1.11. The summed E-state index contributed by atoms with van der Waals surface area (Å²) < 4.78 is 11.0. The smallest absolute Gasteiger partial charge is 0.339 e.